The molecule has 1 spiro atoms. The van der Waals surface area contributed by atoms with Gasteiger partial charge in [0.05, 0.1) is 19.0 Å². The molecule has 0 radical (unpaired) electrons. The summed E-state index contributed by atoms with van der Waals surface area (Å²) in [6.45, 7) is 18.3. The maximum Gasteiger partial charge on any atom is 0.235 e. The van der Waals surface area contributed by atoms with Crippen LogP contribution < -0.4 is 10.6 Å². The molecule has 1 aliphatic heterocycles. The quantitative estimate of drug-likeness (QED) is 0.110. The molecule has 6 unspecified atom stereocenters. The van der Waals surface area contributed by atoms with E-state index in [2.05, 4.69) is 95.4 Å². The number of carbonyl (C=O) groups excluding carboxylic acids is 1. The Kier molecular flexibility index (Phi) is 12.9. The first kappa shape index (κ1) is 40.3. The van der Waals surface area contributed by atoms with Gasteiger partial charge in [0.1, 0.15) is 0 Å². The first-order valence-corrected chi connectivity index (χ1v) is 21.4. The molecule has 6 atom stereocenters. The molecule has 292 valence electrons. The molecule has 0 aromatic heterocycles. The lowest BCUT2D eigenvalue weighted by Crippen LogP contribution is -2.51. The Morgan fingerprint density at radius 3 is 2.28 bits per heavy atom. The summed E-state index contributed by atoms with van der Waals surface area (Å²) in [7, 11) is 0. The van der Waals surface area contributed by atoms with Crippen molar-refractivity contribution in [3.8, 4) is 12.3 Å². The number of allylic oxidation sites excluding steroid dienone is 3. The minimum atomic E-state index is -0.381. The van der Waals surface area contributed by atoms with E-state index in [-0.39, 0.29) is 17.0 Å². The lowest BCUT2D eigenvalue weighted by molar-refractivity contribution is -0.312. The van der Waals surface area contributed by atoms with E-state index in [1.165, 1.54) is 62.5 Å². The molecule has 4 aliphatic carbocycles. The molecule has 0 amide bonds. The Labute approximate surface area is 327 Å². The standard InChI is InChI=1S/C46H60N2O3.C3H8/c1-7-10-35-19-23-40-38-22-18-34-26-46(50-29-44(4,5)30-51-46)25-24-37(34)43(38)39(27-45(35,40)6)32-14-12-31(13-15-32)28-47-42(11-8-2)48-36-20-16-33(17-21-36)41(49)9-3;1-3-2/h3,11-17,20-21,34-35,38-40,47-48H,7-8,10,18-19,22-30H2,1-2,4-6H3;3H2,1-2H3/b42-11-;. The van der Waals surface area contributed by atoms with Crippen LogP contribution in [0.1, 0.15) is 153 Å². The Bertz CT molecular complexity index is 1690. The molecule has 4 fully saturated rings. The second-order valence-corrected chi connectivity index (χ2v) is 18.2. The number of hydrogen-bond donors (Lipinski definition) is 2. The van der Waals surface area contributed by atoms with Gasteiger partial charge in [-0.25, -0.2) is 0 Å². The Morgan fingerprint density at radius 2 is 1.63 bits per heavy atom. The summed E-state index contributed by atoms with van der Waals surface area (Å²) < 4.78 is 13.2. The lowest BCUT2D eigenvalue weighted by Gasteiger charge is -2.55. The lowest BCUT2D eigenvalue weighted by atomic mass is 9.50. The SMILES string of the molecule is C#CC(=O)c1ccc(N/C(=C\CC)NCc2ccc(C3CC4(C)C(CCC)CCC4C4CCC5CC6(CCC5=C34)OCC(C)(C)CO6)cc2)cc1.CCC. The molecule has 2 aromatic carbocycles. The number of anilines is 1. The largest absolute Gasteiger partial charge is 0.368 e. The number of ether oxygens (including phenoxy) is 2. The van der Waals surface area contributed by atoms with Crippen LogP contribution in [0.3, 0.4) is 0 Å². The third-order valence-corrected chi connectivity index (χ3v) is 13.5. The maximum absolute atomic E-state index is 11.9. The smallest absolute Gasteiger partial charge is 0.235 e. The summed E-state index contributed by atoms with van der Waals surface area (Å²) in [6, 6.07) is 16.9. The van der Waals surface area contributed by atoms with Gasteiger partial charge in [-0.05, 0) is 121 Å². The normalized spacial score (nSPS) is 29.5. The fraction of sp³-hybridized carbons (Fsp3) is 0.612. The Hall–Kier alpha value is -3.33. The zero-order chi connectivity index (χ0) is 38.5. The van der Waals surface area contributed by atoms with Crippen molar-refractivity contribution < 1.29 is 14.3 Å². The fourth-order valence-corrected chi connectivity index (χ4v) is 10.8. The fourth-order valence-electron chi connectivity index (χ4n) is 10.8. The van der Waals surface area contributed by atoms with E-state index in [0.29, 0.717) is 22.8 Å². The van der Waals surface area contributed by atoms with Crippen molar-refractivity contribution in [2.45, 2.75) is 144 Å². The molecule has 54 heavy (non-hydrogen) atoms. The minimum Gasteiger partial charge on any atom is -0.368 e. The predicted molar refractivity (Wildman–Crippen MR) is 223 cm³/mol. The predicted octanol–water partition coefficient (Wildman–Crippen LogP) is 12.0. The molecule has 5 aliphatic rings. The van der Waals surface area contributed by atoms with Crippen LogP contribution in [0, 0.1) is 46.8 Å². The summed E-state index contributed by atoms with van der Waals surface area (Å²) in [5, 5.41) is 7.11. The van der Waals surface area contributed by atoms with Crippen LogP contribution in [0.25, 0.3) is 0 Å². The van der Waals surface area contributed by atoms with Crippen LogP contribution >= 0.6 is 0 Å². The second-order valence-electron chi connectivity index (χ2n) is 18.2. The van der Waals surface area contributed by atoms with Crippen LogP contribution in [-0.4, -0.2) is 24.8 Å². The van der Waals surface area contributed by atoms with E-state index in [4.69, 9.17) is 15.9 Å². The number of nitrogens with one attached hydrogen (secondary N) is 2. The molecule has 5 nitrogen and oxygen atoms in total. The summed E-state index contributed by atoms with van der Waals surface area (Å²) in [5.74, 6) is 5.93. The van der Waals surface area contributed by atoms with Crippen LogP contribution in [0.2, 0.25) is 0 Å². The van der Waals surface area contributed by atoms with Gasteiger partial charge in [-0.2, -0.15) is 0 Å². The van der Waals surface area contributed by atoms with Gasteiger partial charge in [0, 0.05) is 42.0 Å². The van der Waals surface area contributed by atoms with Gasteiger partial charge in [0.15, 0.2) is 5.79 Å². The summed E-state index contributed by atoms with van der Waals surface area (Å²) >= 11 is 0. The van der Waals surface area contributed by atoms with Gasteiger partial charge in [0.25, 0.3) is 0 Å². The van der Waals surface area contributed by atoms with Crippen molar-refractivity contribution in [3.63, 3.8) is 0 Å². The van der Waals surface area contributed by atoms with Crippen molar-refractivity contribution in [2.75, 3.05) is 18.5 Å². The third kappa shape index (κ3) is 8.56. The molecular formula is C49H68N2O3. The van der Waals surface area contributed by atoms with Gasteiger partial charge < -0.3 is 20.1 Å². The average Bonchev–Trinajstić information content (AvgIpc) is 3.50. The Balaban J connectivity index is 0.00000160. The maximum atomic E-state index is 11.9. The number of rotatable bonds is 10. The first-order chi connectivity index (χ1) is 26.0. The number of hydrogen-bond acceptors (Lipinski definition) is 5. The van der Waals surface area contributed by atoms with Crippen LogP contribution in [0.15, 0.2) is 71.6 Å². The zero-order valence-electron chi connectivity index (χ0n) is 34.5. The van der Waals surface area contributed by atoms with Gasteiger partial charge in [-0.1, -0.05) is 103 Å². The number of carbonyl (C=O) groups is 1. The van der Waals surface area contributed by atoms with E-state index >= 15 is 0 Å². The van der Waals surface area contributed by atoms with E-state index in [1.54, 1.807) is 17.7 Å². The molecule has 2 aromatic rings. The van der Waals surface area contributed by atoms with Crippen molar-refractivity contribution in [1.82, 2.24) is 5.32 Å². The van der Waals surface area contributed by atoms with Crippen molar-refractivity contribution in [3.05, 3.63) is 88.3 Å². The highest BCUT2D eigenvalue weighted by atomic mass is 16.7. The van der Waals surface area contributed by atoms with Crippen LogP contribution in [-0.2, 0) is 16.0 Å². The second kappa shape index (κ2) is 17.2. The summed E-state index contributed by atoms with van der Waals surface area (Å²) in [4.78, 5) is 11.9. The van der Waals surface area contributed by atoms with Gasteiger partial charge in [0.2, 0.25) is 5.78 Å². The molecule has 1 heterocycles. The Morgan fingerprint density at radius 1 is 0.926 bits per heavy atom. The zero-order valence-corrected chi connectivity index (χ0v) is 34.5. The number of fused-ring (bicyclic) bond motifs is 4. The summed E-state index contributed by atoms with van der Waals surface area (Å²) in [5.41, 5.74) is 8.34. The highest BCUT2D eigenvalue weighted by Crippen LogP contribution is 2.67. The molecule has 5 heteroatoms. The van der Waals surface area contributed by atoms with Crippen LogP contribution in [0.5, 0.6) is 0 Å². The number of terminal acetylenes is 1. The number of ketones is 1. The molecule has 2 N–H and O–H groups in total. The monoisotopic (exact) mass is 733 g/mol. The molecule has 7 rings (SSSR count). The van der Waals surface area contributed by atoms with E-state index in [0.717, 1.165) is 74.7 Å². The number of Topliss-reactive ketones (excluding diaryl/α,β-unsaturated/α-hetero) is 1. The van der Waals surface area contributed by atoms with Gasteiger partial charge in [-0.15, -0.1) is 6.42 Å². The first-order valence-electron chi connectivity index (χ1n) is 21.4. The van der Waals surface area contributed by atoms with Crippen molar-refractivity contribution >= 4 is 11.5 Å². The average molecular weight is 733 g/mol. The molecule has 0 bridgehead atoms. The van der Waals surface area contributed by atoms with E-state index in [9.17, 15) is 4.79 Å². The van der Waals surface area contributed by atoms with Crippen molar-refractivity contribution in [2.24, 2.45) is 34.5 Å². The summed E-state index contributed by atoms with van der Waals surface area (Å²) in [6.07, 6.45) is 22.1. The van der Waals surface area contributed by atoms with E-state index in [1.807, 2.05) is 17.7 Å². The topological polar surface area (TPSA) is 59.6 Å². The number of benzene rings is 2. The van der Waals surface area contributed by atoms with E-state index < -0.39 is 0 Å². The molecule has 1 saturated heterocycles. The third-order valence-electron chi connectivity index (χ3n) is 13.5. The molecule has 3 saturated carbocycles. The highest BCUT2D eigenvalue weighted by Gasteiger charge is 2.57. The van der Waals surface area contributed by atoms with Gasteiger partial charge >= 0.3 is 0 Å². The highest BCUT2D eigenvalue weighted by molar-refractivity contribution is 6.08. The molecular weight excluding hydrogens is 665 g/mol. The van der Waals surface area contributed by atoms with Crippen molar-refractivity contribution in [1.29, 1.82) is 0 Å². The van der Waals surface area contributed by atoms with Gasteiger partial charge in [-0.3, -0.25) is 4.79 Å². The van der Waals surface area contributed by atoms with Crippen LogP contribution in [0.4, 0.5) is 5.69 Å². The minimum absolute atomic E-state index is 0.0990.